The molecule has 5 rings (SSSR count). The Morgan fingerprint density at radius 1 is 0.868 bits per heavy atom. The molecule has 9 heteroatoms. The maximum Gasteiger partial charge on any atom is 0.255 e. The molecule has 0 aliphatic heterocycles. The lowest BCUT2D eigenvalue weighted by Gasteiger charge is -2.23. The van der Waals surface area contributed by atoms with Gasteiger partial charge in [0.25, 0.3) is 5.91 Å². The molecule has 1 amide bonds. The lowest BCUT2D eigenvalue weighted by Crippen LogP contribution is -2.29. The number of anilines is 2. The van der Waals surface area contributed by atoms with E-state index in [0.717, 1.165) is 34.6 Å². The number of nitrogens with one attached hydrogen (secondary N) is 1. The Morgan fingerprint density at radius 2 is 1.53 bits per heavy atom. The van der Waals surface area contributed by atoms with Gasteiger partial charge in [-0.1, -0.05) is 47.5 Å². The summed E-state index contributed by atoms with van der Waals surface area (Å²) in [6.07, 6.45) is 1.12. The fourth-order valence-corrected chi connectivity index (χ4v) is 6.07. The summed E-state index contributed by atoms with van der Waals surface area (Å²) in [5, 5.41) is 5.91. The number of carbonyl (C=O) groups is 1. The van der Waals surface area contributed by atoms with Crippen LogP contribution in [0.2, 0.25) is 10.0 Å². The first kappa shape index (κ1) is 26.1. The van der Waals surface area contributed by atoms with E-state index in [1.807, 2.05) is 30.3 Å². The SMILES string of the molecule is CCn1c2ccccc2c2cc(NC(=O)c3ccc(N(Cc4c(Cl)cccc4Cl)S(C)(=O)=O)cc3)ccc21. The first-order chi connectivity index (χ1) is 18.2. The van der Waals surface area contributed by atoms with Crippen molar-refractivity contribution in [2.45, 2.75) is 20.0 Å². The number of amides is 1. The third-order valence-electron chi connectivity index (χ3n) is 6.53. The standard InChI is InChI=1S/C29H25Cl2N3O3S/c1-3-33-27-10-5-4-7-22(27)23-17-20(13-16-28(23)33)32-29(35)19-11-14-21(15-12-19)34(38(2,36)37)18-24-25(30)8-6-9-26(24)31/h4-17H,3,18H2,1-2H3,(H,32,35). The Labute approximate surface area is 231 Å². The number of halogens is 2. The number of aromatic nitrogens is 1. The van der Waals surface area contributed by atoms with E-state index in [2.05, 4.69) is 28.9 Å². The molecule has 0 bridgehead atoms. The molecule has 1 aromatic heterocycles. The molecule has 0 atom stereocenters. The summed E-state index contributed by atoms with van der Waals surface area (Å²) in [6, 6.07) is 25.5. The zero-order chi connectivity index (χ0) is 27.0. The van der Waals surface area contributed by atoms with E-state index in [-0.39, 0.29) is 12.5 Å². The van der Waals surface area contributed by atoms with Crippen LogP contribution in [0.4, 0.5) is 11.4 Å². The zero-order valence-corrected chi connectivity index (χ0v) is 23.1. The molecule has 6 nitrogen and oxygen atoms in total. The number of hydrogen-bond donors (Lipinski definition) is 1. The van der Waals surface area contributed by atoms with Crippen LogP contribution in [0.3, 0.4) is 0 Å². The van der Waals surface area contributed by atoms with Gasteiger partial charge in [-0.3, -0.25) is 9.10 Å². The highest BCUT2D eigenvalue weighted by Crippen LogP contribution is 2.32. The van der Waals surface area contributed by atoms with Crippen molar-refractivity contribution in [3.8, 4) is 0 Å². The van der Waals surface area contributed by atoms with Crippen molar-refractivity contribution < 1.29 is 13.2 Å². The molecule has 5 aromatic rings. The lowest BCUT2D eigenvalue weighted by atomic mass is 10.1. The van der Waals surface area contributed by atoms with Crippen LogP contribution in [0.25, 0.3) is 21.8 Å². The number of nitrogens with zero attached hydrogens (tertiary/aromatic N) is 2. The third kappa shape index (κ3) is 4.97. The number of para-hydroxylation sites is 1. The minimum absolute atomic E-state index is 0.0335. The molecule has 0 spiro atoms. The topological polar surface area (TPSA) is 71.4 Å². The highest BCUT2D eigenvalue weighted by molar-refractivity contribution is 7.92. The number of benzene rings is 4. The molecule has 1 N–H and O–H groups in total. The Balaban J connectivity index is 1.40. The van der Waals surface area contributed by atoms with Crippen LogP contribution in [-0.4, -0.2) is 25.1 Å². The van der Waals surface area contributed by atoms with Gasteiger partial charge in [0.2, 0.25) is 10.0 Å². The fraction of sp³-hybridized carbons (Fsp3) is 0.138. The predicted octanol–water partition coefficient (Wildman–Crippen LogP) is 7.34. The molecule has 0 saturated carbocycles. The normalized spacial score (nSPS) is 11.7. The third-order valence-corrected chi connectivity index (χ3v) is 8.38. The van der Waals surface area contributed by atoms with Crippen molar-refractivity contribution in [3.63, 3.8) is 0 Å². The Kier molecular flexibility index (Phi) is 7.09. The molecular formula is C29H25Cl2N3O3S. The summed E-state index contributed by atoms with van der Waals surface area (Å²) in [4.78, 5) is 13.1. The number of carbonyl (C=O) groups excluding carboxylic acids is 1. The van der Waals surface area contributed by atoms with E-state index >= 15 is 0 Å². The average molecular weight is 567 g/mol. The van der Waals surface area contributed by atoms with Gasteiger partial charge in [-0.05, 0) is 67.6 Å². The van der Waals surface area contributed by atoms with Gasteiger partial charge in [0.1, 0.15) is 0 Å². The maximum atomic E-state index is 13.1. The van der Waals surface area contributed by atoms with Gasteiger partial charge < -0.3 is 9.88 Å². The summed E-state index contributed by atoms with van der Waals surface area (Å²) >= 11 is 12.5. The lowest BCUT2D eigenvalue weighted by molar-refractivity contribution is 0.102. The summed E-state index contributed by atoms with van der Waals surface area (Å²) < 4.78 is 28.7. The van der Waals surface area contributed by atoms with Gasteiger partial charge in [0.05, 0.1) is 18.5 Å². The van der Waals surface area contributed by atoms with Crippen LogP contribution >= 0.6 is 23.2 Å². The Bertz CT molecular complexity index is 1760. The number of rotatable bonds is 7. The van der Waals surface area contributed by atoms with Gasteiger partial charge >= 0.3 is 0 Å². The molecule has 1 heterocycles. The number of sulfonamides is 1. The maximum absolute atomic E-state index is 13.1. The fourth-order valence-electron chi connectivity index (χ4n) is 4.68. The summed E-state index contributed by atoms with van der Waals surface area (Å²) in [5.74, 6) is -0.296. The highest BCUT2D eigenvalue weighted by Gasteiger charge is 2.21. The first-order valence-electron chi connectivity index (χ1n) is 12.0. The molecular weight excluding hydrogens is 541 g/mol. The average Bonchev–Trinajstić information content (AvgIpc) is 3.21. The zero-order valence-electron chi connectivity index (χ0n) is 20.8. The van der Waals surface area contributed by atoms with Gasteiger partial charge in [-0.15, -0.1) is 0 Å². The molecule has 0 unspecified atom stereocenters. The van der Waals surface area contributed by atoms with Gasteiger partial charge in [-0.25, -0.2) is 8.42 Å². The predicted molar refractivity (Wildman–Crippen MR) is 157 cm³/mol. The molecule has 0 aliphatic carbocycles. The smallest absolute Gasteiger partial charge is 0.255 e. The number of fused-ring (bicyclic) bond motifs is 3. The monoisotopic (exact) mass is 565 g/mol. The van der Waals surface area contributed by atoms with E-state index < -0.39 is 10.0 Å². The summed E-state index contributed by atoms with van der Waals surface area (Å²) in [7, 11) is -3.66. The van der Waals surface area contributed by atoms with Crippen LogP contribution in [-0.2, 0) is 23.1 Å². The molecule has 0 radical (unpaired) electrons. The van der Waals surface area contributed by atoms with Crippen molar-refractivity contribution in [3.05, 3.63) is 106 Å². The molecule has 0 fully saturated rings. The molecule has 38 heavy (non-hydrogen) atoms. The van der Waals surface area contributed by atoms with Gasteiger partial charge in [0.15, 0.2) is 0 Å². The second-order valence-electron chi connectivity index (χ2n) is 8.96. The quantitative estimate of drug-likeness (QED) is 0.224. The van der Waals surface area contributed by atoms with Crippen LogP contribution in [0, 0.1) is 0 Å². The van der Waals surface area contributed by atoms with Gasteiger partial charge in [0, 0.05) is 55.2 Å². The summed E-state index contributed by atoms with van der Waals surface area (Å²) in [5.41, 5.74) is 4.23. The first-order valence-corrected chi connectivity index (χ1v) is 14.6. The second kappa shape index (κ2) is 10.3. The van der Waals surface area contributed by atoms with E-state index in [9.17, 15) is 13.2 Å². The van der Waals surface area contributed by atoms with Crippen LogP contribution in [0.1, 0.15) is 22.8 Å². The molecule has 0 saturated heterocycles. The van der Waals surface area contributed by atoms with Gasteiger partial charge in [-0.2, -0.15) is 0 Å². The van der Waals surface area contributed by atoms with Crippen molar-refractivity contribution in [1.82, 2.24) is 4.57 Å². The number of aryl methyl sites for hydroxylation is 1. The van der Waals surface area contributed by atoms with Crippen LogP contribution in [0.5, 0.6) is 0 Å². The minimum Gasteiger partial charge on any atom is -0.341 e. The van der Waals surface area contributed by atoms with Crippen molar-refractivity contribution in [2.24, 2.45) is 0 Å². The van der Waals surface area contributed by atoms with E-state index in [4.69, 9.17) is 23.2 Å². The van der Waals surface area contributed by atoms with Crippen LogP contribution < -0.4 is 9.62 Å². The molecule has 0 aliphatic rings. The van der Waals surface area contributed by atoms with Crippen molar-refractivity contribution in [1.29, 1.82) is 0 Å². The summed E-state index contributed by atoms with van der Waals surface area (Å²) in [6.45, 7) is 2.92. The molecule has 194 valence electrons. The second-order valence-corrected chi connectivity index (χ2v) is 11.7. The Hall–Kier alpha value is -3.52. The van der Waals surface area contributed by atoms with Crippen molar-refractivity contribution >= 4 is 72.3 Å². The van der Waals surface area contributed by atoms with E-state index in [0.29, 0.717) is 32.5 Å². The van der Waals surface area contributed by atoms with E-state index in [1.165, 1.54) is 4.31 Å². The van der Waals surface area contributed by atoms with E-state index in [1.54, 1.807) is 42.5 Å². The number of hydrogen-bond acceptors (Lipinski definition) is 3. The van der Waals surface area contributed by atoms with Crippen molar-refractivity contribution in [2.75, 3.05) is 15.9 Å². The Morgan fingerprint density at radius 3 is 2.18 bits per heavy atom. The highest BCUT2D eigenvalue weighted by atomic mass is 35.5. The largest absolute Gasteiger partial charge is 0.341 e. The molecule has 4 aromatic carbocycles. The van der Waals surface area contributed by atoms with Crippen LogP contribution in [0.15, 0.2) is 84.9 Å². The minimum atomic E-state index is -3.66.